The van der Waals surface area contributed by atoms with Crippen LogP contribution in [-0.4, -0.2) is 11.2 Å². The molecule has 1 N–H and O–H groups in total. The van der Waals surface area contributed by atoms with E-state index in [0.29, 0.717) is 0 Å². The summed E-state index contributed by atoms with van der Waals surface area (Å²) in [5.74, 6) is 0.751. The van der Waals surface area contributed by atoms with Gasteiger partial charge in [0, 0.05) is 5.56 Å². The van der Waals surface area contributed by atoms with Crippen LogP contribution in [0.1, 0.15) is 31.1 Å². The first-order valence-electron chi connectivity index (χ1n) is 5.75. The van der Waals surface area contributed by atoms with Crippen molar-refractivity contribution >= 4 is 33.9 Å². The Morgan fingerprint density at radius 2 is 2.00 bits per heavy atom. The zero-order chi connectivity index (χ0) is 13.1. The van der Waals surface area contributed by atoms with E-state index in [1.807, 2.05) is 49.6 Å². The van der Waals surface area contributed by atoms with E-state index >= 15 is 0 Å². The van der Waals surface area contributed by atoms with Gasteiger partial charge in [-0.2, -0.15) is 0 Å². The topological polar surface area (TPSA) is 29.5 Å². The second-order valence-corrected chi connectivity index (χ2v) is 7.10. The first-order valence-corrected chi connectivity index (χ1v) is 7.71. The maximum atomic E-state index is 10.4. The van der Waals surface area contributed by atoms with E-state index in [9.17, 15) is 5.11 Å². The molecule has 18 heavy (non-hydrogen) atoms. The van der Waals surface area contributed by atoms with Crippen LogP contribution in [0.2, 0.25) is 0 Å². The molecule has 1 aromatic heterocycles. The lowest BCUT2D eigenvalue weighted by Crippen LogP contribution is -2.09. The SMILES string of the molecule is CC(C)Oc1ccccc1C(O)c1csc(I)c1. The highest BCUT2D eigenvalue weighted by molar-refractivity contribution is 14.1. The molecule has 1 heterocycles. The highest BCUT2D eigenvalue weighted by Crippen LogP contribution is 2.32. The Balaban J connectivity index is 2.32. The summed E-state index contributed by atoms with van der Waals surface area (Å²) >= 11 is 3.89. The lowest BCUT2D eigenvalue weighted by molar-refractivity contribution is 0.198. The highest BCUT2D eigenvalue weighted by Gasteiger charge is 2.17. The summed E-state index contributed by atoms with van der Waals surface area (Å²) in [4.78, 5) is 0. The molecule has 1 unspecified atom stereocenters. The smallest absolute Gasteiger partial charge is 0.125 e. The predicted octanol–water partition coefficient (Wildman–Crippen LogP) is 4.22. The Morgan fingerprint density at radius 1 is 1.28 bits per heavy atom. The van der Waals surface area contributed by atoms with Gasteiger partial charge < -0.3 is 9.84 Å². The molecule has 0 radical (unpaired) electrons. The molecule has 0 bridgehead atoms. The summed E-state index contributed by atoms with van der Waals surface area (Å²) in [5, 5.41) is 12.4. The number of hydrogen-bond donors (Lipinski definition) is 1. The number of ether oxygens (including phenoxy) is 1. The Hall–Kier alpha value is -0.590. The number of aliphatic hydroxyl groups is 1. The number of aliphatic hydroxyl groups excluding tert-OH is 1. The molecule has 1 aromatic carbocycles. The van der Waals surface area contributed by atoms with Crippen LogP contribution in [0.15, 0.2) is 35.7 Å². The van der Waals surface area contributed by atoms with Crippen molar-refractivity contribution in [2.75, 3.05) is 0 Å². The van der Waals surface area contributed by atoms with Gasteiger partial charge in [0.25, 0.3) is 0 Å². The Labute approximate surface area is 125 Å². The van der Waals surface area contributed by atoms with Gasteiger partial charge in [-0.1, -0.05) is 18.2 Å². The zero-order valence-corrected chi connectivity index (χ0v) is 13.2. The van der Waals surface area contributed by atoms with Crippen molar-refractivity contribution in [3.05, 3.63) is 49.7 Å². The van der Waals surface area contributed by atoms with E-state index in [1.165, 1.54) is 2.88 Å². The van der Waals surface area contributed by atoms with Crippen molar-refractivity contribution in [1.29, 1.82) is 0 Å². The lowest BCUT2D eigenvalue weighted by atomic mass is 10.0. The maximum Gasteiger partial charge on any atom is 0.125 e. The van der Waals surface area contributed by atoms with Crippen LogP contribution in [0.25, 0.3) is 0 Å². The first kappa shape index (κ1) is 13.8. The minimum Gasteiger partial charge on any atom is -0.491 e. The third-order valence-corrected chi connectivity index (χ3v) is 4.29. The molecule has 2 rings (SSSR count). The van der Waals surface area contributed by atoms with Gasteiger partial charge in [-0.05, 0) is 59.5 Å². The fraction of sp³-hybridized carbons (Fsp3) is 0.286. The van der Waals surface area contributed by atoms with E-state index in [0.717, 1.165) is 16.9 Å². The predicted molar refractivity (Wildman–Crippen MR) is 83.3 cm³/mol. The number of hydrogen-bond acceptors (Lipinski definition) is 3. The monoisotopic (exact) mass is 374 g/mol. The molecule has 0 fully saturated rings. The summed E-state index contributed by atoms with van der Waals surface area (Å²) in [6.45, 7) is 3.97. The lowest BCUT2D eigenvalue weighted by Gasteiger charge is -2.17. The summed E-state index contributed by atoms with van der Waals surface area (Å²) < 4.78 is 6.91. The molecule has 1 atom stereocenters. The van der Waals surface area contributed by atoms with Gasteiger partial charge in [0.2, 0.25) is 0 Å². The summed E-state index contributed by atoms with van der Waals surface area (Å²) in [5.41, 5.74) is 1.74. The summed E-state index contributed by atoms with van der Waals surface area (Å²) in [6, 6.07) is 9.65. The quantitative estimate of drug-likeness (QED) is 0.812. The first-order chi connectivity index (χ1) is 8.58. The van der Waals surface area contributed by atoms with Gasteiger partial charge in [0.05, 0.1) is 8.99 Å². The van der Waals surface area contributed by atoms with Gasteiger partial charge >= 0.3 is 0 Å². The van der Waals surface area contributed by atoms with Crippen molar-refractivity contribution < 1.29 is 9.84 Å². The van der Waals surface area contributed by atoms with Crippen molar-refractivity contribution in [2.24, 2.45) is 0 Å². The van der Waals surface area contributed by atoms with Gasteiger partial charge in [-0.25, -0.2) is 0 Å². The molecule has 2 nitrogen and oxygen atoms in total. The van der Waals surface area contributed by atoms with Crippen LogP contribution in [0.5, 0.6) is 5.75 Å². The van der Waals surface area contributed by atoms with Crippen LogP contribution >= 0.6 is 33.9 Å². The van der Waals surface area contributed by atoms with Gasteiger partial charge in [-0.3, -0.25) is 0 Å². The molecular formula is C14H15IO2S. The van der Waals surface area contributed by atoms with E-state index in [4.69, 9.17) is 4.74 Å². The Kier molecular flexibility index (Phi) is 4.64. The van der Waals surface area contributed by atoms with Crippen molar-refractivity contribution in [3.63, 3.8) is 0 Å². The van der Waals surface area contributed by atoms with Crippen LogP contribution in [-0.2, 0) is 0 Å². The van der Waals surface area contributed by atoms with Crippen molar-refractivity contribution in [1.82, 2.24) is 0 Å². The molecule has 0 aliphatic rings. The second-order valence-electron chi connectivity index (χ2n) is 4.29. The average Bonchev–Trinajstić information content (AvgIpc) is 2.75. The number of para-hydroxylation sites is 1. The maximum absolute atomic E-state index is 10.4. The fourth-order valence-electron chi connectivity index (χ4n) is 1.71. The molecule has 2 aromatic rings. The summed E-state index contributed by atoms with van der Waals surface area (Å²) in [7, 11) is 0. The minimum atomic E-state index is -0.625. The molecule has 0 spiro atoms. The normalized spacial score (nSPS) is 12.7. The number of benzene rings is 1. The molecule has 4 heteroatoms. The second kappa shape index (κ2) is 6.04. The Bertz CT molecular complexity index is 522. The Morgan fingerprint density at radius 3 is 2.61 bits per heavy atom. The minimum absolute atomic E-state index is 0.0981. The molecule has 0 amide bonds. The fourth-order valence-corrected chi connectivity index (χ4v) is 3.10. The van der Waals surface area contributed by atoms with E-state index in [1.54, 1.807) is 11.3 Å². The molecule has 96 valence electrons. The van der Waals surface area contributed by atoms with Gasteiger partial charge in [-0.15, -0.1) is 11.3 Å². The third kappa shape index (κ3) is 3.24. The van der Waals surface area contributed by atoms with E-state index < -0.39 is 6.10 Å². The average molecular weight is 374 g/mol. The number of thiophene rings is 1. The standard InChI is InChI=1S/C14H15IO2S/c1-9(2)17-12-6-4-3-5-11(12)14(16)10-7-13(15)18-8-10/h3-9,14,16H,1-2H3. The third-order valence-electron chi connectivity index (χ3n) is 2.48. The largest absolute Gasteiger partial charge is 0.491 e. The van der Waals surface area contributed by atoms with Crippen LogP contribution in [0, 0.1) is 2.88 Å². The zero-order valence-electron chi connectivity index (χ0n) is 10.3. The van der Waals surface area contributed by atoms with Gasteiger partial charge in [0.1, 0.15) is 11.9 Å². The molecule has 0 aliphatic heterocycles. The van der Waals surface area contributed by atoms with Crippen molar-refractivity contribution in [3.8, 4) is 5.75 Å². The van der Waals surface area contributed by atoms with Gasteiger partial charge in [0.15, 0.2) is 0 Å². The molecule has 0 saturated carbocycles. The highest BCUT2D eigenvalue weighted by atomic mass is 127. The number of halogens is 1. The van der Waals surface area contributed by atoms with Crippen molar-refractivity contribution in [2.45, 2.75) is 26.1 Å². The van der Waals surface area contributed by atoms with Crippen LogP contribution < -0.4 is 4.74 Å². The number of rotatable bonds is 4. The molecule has 0 aliphatic carbocycles. The van der Waals surface area contributed by atoms with E-state index in [2.05, 4.69) is 22.6 Å². The van der Waals surface area contributed by atoms with Crippen LogP contribution in [0.4, 0.5) is 0 Å². The van der Waals surface area contributed by atoms with Crippen LogP contribution in [0.3, 0.4) is 0 Å². The molecular weight excluding hydrogens is 359 g/mol. The summed E-state index contributed by atoms with van der Waals surface area (Å²) in [6.07, 6.45) is -0.527. The molecule has 0 saturated heterocycles. The van der Waals surface area contributed by atoms with E-state index in [-0.39, 0.29) is 6.10 Å².